The summed E-state index contributed by atoms with van der Waals surface area (Å²) in [6.07, 6.45) is 0. The molecule has 0 aliphatic heterocycles. The van der Waals surface area contributed by atoms with Crippen molar-refractivity contribution in [1.29, 1.82) is 0 Å². The zero-order valence-electron chi connectivity index (χ0n) is 11.0. The van der Waals surface area contributed by atoms with Crippen molar-refractivity contribution in [3.63, 3.8) is 0 Å². The molecule has 0 bridgehead atoms. The number of thioether (sulfide) groups is 1. The van der Waals surface area contributed by atoms with Gasteiger partial charge in [-0.1, -0.05) is 46.4 Å². The molecule has 0 rings (SSSR count). The minimum absolute atomic E-state index is 0.0271. The van der Waals surface area contributed by atoms with E-state index < -0.39 is 10.7 Å². The summed E-state index contributed by atoms with van der Waals surface area (Å²) in [5.41, 5.74) is -0.426. The van der Waals surface area contributed by atoms with Crippen LogP contribution >= 0.6 is 11.8 Å². The number of carbonyl (C=O) groups excluding carboxylic acids is 2. The molecule has 0 heterocycles. The summed E-state index contributed by atoms with van der Waals surface area (Å²) >= 11 is 1.09. The minimum Gasteiger partial charge on any atom is -0.465 e. The van der Waals surface area contributed by atoms with Gasteiger partial charge in [0.05, 0.1) is 6.61 Å². The van der Waals surface area contributed by atoms with Gasteiger partial charge < -0.3 is 4.74 Å². The lowest BCUT2D eigenvalue weighted by molar-refractivity contribution is -0.143. The molecule has 16 heavy (non-hydrogen) atoms. The van der Waals surface area contributed by atoms with Crippen molar-refractivity contribution in [2.75, 3.05) is 6.61 Å². The van der Waals surface area contributed by atoms with E-state index >= 15 is 0 Å². The lowest BCUT2D eigenvalue weighted by Crippen LogP contribution is -2.30. The second-order valence-electron chi connectivity index (χ2n) is 5.07. The number of esters is 1. The van der Waals surface area contributed by atoms with Crippen molar-refractivity contribution in [3.8, 4) is 0 Å². The van der Waals surface area contributed by atoms with Crippen LogP contribution in [0, 0.1) is 11.3 Å². The maximum absolute atomic E-state index is 11.8. The highest BCUT2D eigenvalue weighted by Crippen LogP contribution is 2.30. The summed E-state index contributed by atoms with van der Waals surface area (Å²) in [6.45, 7) is 11.5. The van der Waals surface area contributed by atoms with Gasteiger partial charge >= 0.3 is 5.97 Å². The van der Waals surface area contributed by atoms with Crippen LogP contribution in [0.15, 0.2) is 0 Å². The molecule has 0 aliphatic carbocycles. The summed E-state index contributed by atoms with van der Waals surface area (Å²) in [6, 6.07) is 0. The largest absolute Gasteiger partial charge is 0.465 e. The molecule has 0 amide bonds. The van der Waals surface area contributed by atoms with Crippen LogP contribution < -0.4 is 0 Å². The standard InChI is InChI=1S/C12H22O3S/c1-7-15-10(13)9(8(2)3)16-11(14)12(4,5)6/h8-9H,7H2,1-6H3. The third-order valence-electron chi connectivity index (χ3n) is 1.97. The summed E-state index contributed by atoms with van der Waals surface area (Å²) < 4.78 is 4.97. The molecular weight excluding hydrogens is 224 g/mol. The van der Waals surface area contributed by atoms with Gasteiger partial charge in [-0.05, 0) is 12.8 Å². The van der Waals surface area contributed by atoms with Gasteiger partial charge in [0.25, 0.3) is 0 Å². The van der Waals surface area contributed by atoms with Crippen molar-refractivity contribution in [2.24, 2.45) is 11.3 Å². The van der Waals surface area contributed by atoms with Gasteiger partial charge in [0.15, 0.2) is 5.12 Å². The monoisotopic (exact) mass is 246 g/mol. The Bertz CT molecular complexity index is 253. The molecule has 1 atom stereocenters. The molecule has 3 nitrogen and oxygen atoms in total. The Morgan fingerprint density at radius 2 is 1.75 bits per heavy atom. The Kier molecular flexibility index (Phi) is 6.08. The zero-order valence-corrected chi connectivity index (χ0v) is 11.8. The van der Waals surface area contributed by atoms with E-state index in [1.807, 2.05) is 34.6 Å². The average molecular weight is 246 g/mol. The van der Waals surface area contributed by atoms with E-state index in [9.17, 15) is 9.59 Å². The van der Waals surface area contributed by atoms with E-state index in [0.29, 0.717) is 6.61 Å². The highest BCUT2D eigenvalue weighted by atomic mass is 32.2. The first kappa shape index (κ1) is 15.5. The molecule has 1 unspecified atom stereocenters. The molecule has 4 heteroatoms. The molecule has 94 valence electrons. The van der Waals surface area contributed by atoms with E-state index in [-0.39, 0.29) is 17.0 Å². The fourth-order valence-corrected chi connectivity index (χ4v) is 1.99. The second-order valence-corrected chi connectivity index (χ2v) is 6.19. The predicted molar refractivity (Wildman–Crippen MR) is 67.3 cm³/mol. The Balaban J connectivity index is 4.59. The van der Waals surface area contributed by atoms with Crippen molar-refractivity contribution >= 4 is 22.8 Å². The Morgan fingerprint density at radius 3 is 2.06 bits per heavy atom. The van der Waals surface area contributed by atoms with E-state index in [1.165, 1.54) is 0 Å². The first-order chi connectivity index (χ1) is 7.20. The quantitative estimate of drug-likeness (QED) is 0.715. The van der Waals surface area contributed by atoms with Gasteiger partial charge in [-0.2, -0.15) is 0 Å². The lowest BCUT2D eigenvalue weighted by Gasteiger charge is -2.22. The van der Waals surface area contributed by atoms with Gasteiger partial charge in [-0.3, -0.25) is 9.59 Å². The number of hydrogen-bond acceptors (Lipinski definition) is 4. The van der Waals surface area contributed by atoms with Crippen molar-refractivity contribution in [3.05, 3.63) is 0 Å². The van der Waals surface area contributed by atoms with Crippen LogP contribution in [-0.2, 0) is 14.3 Å². The molecule has 0 aromatic carbocycles. The zero-order chi connectivity index (χ0) is 12.9. The lowest BCUT2D eigenvalue weighted by atomic mass is 9.99. The minimum atomic E-state index is -0.426. The second kappa shape index (κ2) is 6.28. The highest BCUT2D eigenvalue weighted by molar-refractivity contribution is 8.14. The average Bonchev–Trinajstić information content (AvgIpc) is 2.11. The van der Waals surface area contributed by atoms with Crippen LogP contribution in [0.3, 0.4) is 0 Å². The van der Waals surface area contributed by atoms with Crippen molar-refractivity contribution in [1.82, 2.24) is 0 Å². The van der Waals surface area contributed by atoms with Crippen LogP contribution in [0.4, 0.5) is 0 Å². The normalized spacial score (nSPS) is 13.7. The van der Waals surface area contributed by atoms with Crippen LogP contribution in [0.2, 0.25) is 0 Å². The summed E-state index contributed by atoms with van der Waals surface area (Å²) in [5, 5.41) is -0.370. The first-order valence-corrected chi connectivity index (χ1v) is 6.45. The van der Waals surface area contributed by atoms with Gasteiger partial charge in [0, 0.05) is 5.41 Å². The SMILES string of the molecule is CCOC(=O)C(SC(=O)C(C)(C)C)C(C)C. The van der Waals surface area contributed by atoms with Crippen LogP contribution in [-0.4, -0.2) is 22.9 Å². The highest BCUT2D eigenvalue weighted by Gasteiger charge is 2.31. The van der Waals surface area contributed by atoms with Crippen LogP contribution in [0.5, 0.6) is 0 Å². The summed E-state index contributed by atoms with van der Waals surface area (Å²) in [5.74, 6) is -0.199. The molecule has 0 fully saturated rings. The maximum Gasteiger partial charge on any atom is 0.319 e. The van der Waals surface area contributed by atoms with Gasteiger partial charge in [-0.15, -0.1) is 0 Å². The molecule has 0 saturated carbocycles. The van der Waals surface area contributed by atoms with E-state index in [1.54, 1.807) is 6.92 Å². The van der Waals surface area contributed by atoms with Crippen molar-refractivity contribution < 1.29 is 14.3 Å². The van der Waals surface area contributed by atoms with Gasteiger partial charge in [0.1, 0.15) is 5.25 Å². The first-order valence-electron chi connectivity index (χ1n) is 5.57. The van der Waals surface area contributed by atoms with Crippen LogP contribution in [0.1, 0.15) is 41.5 Å². The smallest absolute Gasteiger partial charge is 0.319 e. The molecule has 0 aliphatic rings. The molecular formula is C12H22O3S. The number of hydrogen-bond donors (Lipinski definition) is 0. The fraction of sp³-hybridized carbons (Fsp3) is 0.833. The van der Waals surface area contributed by atoms with Crippen LogP contribution in [0.25, 0.3) is 0 Å². The fourth-order valence-electron chi connectivity index (χ4n) is 0.973. The predicted octanol–water partition coefficient (Wildman–Crippen LogP) is 2.88. The molecule has 0 radical (unpaired) electrons. The molecule has 0 spiro atoms. The molecule has 0 saturated heterocycles. The number of ether oxygens (including phenoxy) is 1. The van der Waals surface area contributed by atoms with E-state index in [2.05, 4.69) is 0 Å². The van der Waals surface area contributed by atoms with Crippen molar-refractivity contribution in [2.45, 2.75) is 46.8 Å². The Hall–Kier alpha value is -0.510. The topological polar surface area (TPSA) is 43.4 Å². The number of carbonyl (C=O) groups is 2. The number of rotatable bonds is 4. The molecule has 0 N–H and O–H groups in total. The van der Waals surface area contributed by atoms with Gasteiger partial charge in [0.2, 0.25) is 0 Å². The summed E-state index contributed by atoms with van der Waals surface area (Å²) in [4.78, 5) is 23.5. The molecule has 0 aromatic heterocycles. The molecule has 0 aromatic rings. The van der Waals surface area contributed by atoms with E-state index in [4.69, 9.17) is 4.74 Å². The third-order valence-corrected chi connectivity index (χ3v) is 3.79. The van der Waals surface area contributed by atoms with Gasteiger partial charge in [-0.25, -0.2) is 0 Å². The Labute approximate surface area is 102 Å². The van der Waals surface area contributed by atoms with E-state index in [0.717, 1.165) is 11.8 Å². The maximum atomic E-state index is 11.8. The Morgan fingerprint density at radius 1 is 1.25 bits per heavy atom. The summed E-state index contributed by atoms with van der Waals surface area (Å²) in [7, 11) is 0. The third kappa shape index (κ3) is 5.01.